The lowest BCUT2D eigenvalue weighted by molar-refractivity contribution is -0.163. The van der Waals surface area contributed by atoms with Crippen LogP contribution in [0.25, 0.3) is 11.5 Å². The molecule has 6 heteroatoms. The molecule has 0 saturated heterocycles. The topological polar surface area (TPSA) is 81.8 Å². The van der Waals surface area contributed by atoms with E-state index in [1.807, 2.05) is 31.2 Å². The number of carboxylic acids is 1. The second-order valence-electron chi connectivity index (χ2n) is 8.48. The Balaban J connectivity index is 1.53. The molecule has 1 aromatic carbocycles. The standard InChI is InChI=1S/C23H31NO5/c1-15-8-10-18(11-9-15)21-24-20(16(2)29-21)14-27-19-7-5-6-17(12-19)13-28-23(3,4)22(25)26/h8-11,17,19H,5-7,12-14H2,1-4H3,(H,25,26)/t17?,19-/m0/s1. The van der Waals surface area contributed by atoms with Gasteiger partial charge in [-0.05, 0) is 65.0 Å². The summed E-state index contributed by atoms with van der Waals surface area (Å²) in [5.74, 6) is 0.771. The van der Waals surface area contributed by atoms with Crippen molar-refractivity contribution in [3.8, 4) is 11.5 Å². The summed E-state index contributed by atoms with van der Waals surface area (Å²) < 4.78 is 17.6. The predicted molar refractivity (Wildman–Crippen MR) is 110 cm³/mol. The first-order chi connectivity index (χ1) is 13.7. The lowest BCUT2D eigenvalue weighted by atomic mass is 9.87. The van der Waals surface area contributed by atoms with Gasteiger partial charge in [0.25, 0.3) is 0 Å². The molecule has 1 saturated carbocycles. The van der Waals surface area contributed by atoms with Crippen molar-refractivity contribution in [3.63, 3.8) is 0 Å². The van der Waals surface area contributed by atoms with Gasteiger partial charge in [-0.2, -0.15) is 0 Å². The van der Waals surface area contributed by atoms with E-state index < -0.39 is 11.6 Å². The molecule has 6 nitrogen and oxygen atoms in total. The summed E-state index contributed by atoms with van der Waals surface area (Å²) in [7, 11) is 0. The summed E-state index contributed by atoms with van der Waals surface area (Å²) in [6.07, 6.45) is 4.09. The minimum Gasteiger partial charge on any atom is -0.479 e. The first kappa shape index (κ1) is 21.5. The van der Waals surface area contributed by atoms with Gasteiger partial charge >= 0.3 is 5.97 Å². The molecule has 1 N–H and O–H groups in total. The number of benzene rings is 1. The van der Waals surface area contributed by atoms with Crippen LogP contribution in [-0.2, 0) is 20.9 Å². The number of aromatic nitrogens is 1. The monoisotopic (exact) mass is 401 g/mol. The molecule has 29 heavy (non-hydrogen) atoms. The molecule has 0 bridgehead atoms. The number of nitrogens with zero attached hydrogens (tertiary/aromatic N) is 1. The first-order valence-electron chi connectivity index (χ1n) is 10.3. The zero-order chi connectivity index (χ0) is 21.0. The molecular weight excluding hydrogens is 370 g/mol. The second-order valence-corrected chi connectivity index (χ2v) is 8.48. The number of carbonyl (C=O) groups is 1. The number of hydrogen-bond donors (Lipinski definition) is 1. The fourth-order valence-electron chi connectivity index (χ4n) is 3.51. The normalized spacial score (nSPS) is 20.0. The molecule has 2 atom stereocenters. The third-order valence-electron chi connectivity index (χ3n) is 5.58. The Morgan fingerprint density at radius 3 is 2.66 bits per heavy atom. The summed E-state index contributed by atoms with van der Waals surface area (Å²) in [6.45, 7) is 8.00. The molecule has 158 valence electrons. The SMILES string of the molecule is Cc1ccc(-c2nc(CO[C@H]3CCCC(COC(C)(C)C(=O)O)C3)c(C)o2)cc1. The van der Waals surface area contributed by atoms with Gasteiger partial charge in [0.1, 0.15) is 11.5 Å². The quantitative estimate of drug-likeness (QED) is 0.676. The minimum atomic E-state index is -1.15. The number of aliphatic carboxylic acids is 1. The number of aryl methyl sites for hydroxylation is 2. The van der Waals surface area contributed by atoms with Crippen molar-refractivity contribution in [2.75, 3.05) is 6.61 Å². The fourth-order valence-corrected chi connectivity index (χ4v) is 3.51. The smallest absolute Gasteiger partial charge is 0.335 e. The molecule has 0 spiro atoms. The highest BCUT2D eigenvalue weighted by molar-refractivity contribution is 5.76. The Morgan fingerprint density at radius 1 is 1.24 bits per heavy atom. The van der Waals surface area contributed by atoms with Crippen molar-refractivity contribution in [2.24, 2.45) is 5.92 Å². The average Bonchev–Trinajstić information content (AvgIpc) is 3.06. The first-order valence-corrected chi connectivity index (χ1v) is 10.3. The van der Waals surface area contributed by atoms with E-state index in [2.05, 4.69) is 11.9 Å². The Labute approximate surface area is 172 Å². The van der Waals surface area contributed by atoms with Crippen molar-refractivity contribution in [3.05, 3.63) is 41.3 Å². The van der Waals surface area contributed by atoms with E-state index >= 15 is 0 Å². The van der Waals surface area contributed by atoms with Crippen LogP contribution in [0.4, 0.5) is 0 Å². The Hall–Kier alpha value is -2.18. The lowest BCUT2D eigenvalue weighted by Crippen LogP contribution is -2.37. The van der Waals surface area contributed by atoms with E-state index in [1.54, 1.807) is 13.8 Å². The van der Waals surface area contributed by atoms with Crippen molar-refractivity contribution >= 4 is 5.97 Å². The summed E-state index contributed by atoms with van der Waals surface area (Å²) in [4.78, 5) is 15.8. The highest BCUT2D eigenvalue weighted by Gasteiger charge is 2.31. The van der Waals surface area contributed by atoms with Crippen LogP contribution < -0.4 is 0 Å². The van der Waals surface area contributed by atoms with Gasteiger partial charge in [-0.25, -0.2) is 9.78 Å². The Bertz CT molecular complexity index is 824. The molecular formula is C23H31NO5. The van der Waals surface area contributed by atoms with Gasteiger partial charge in [-0.3, -0.25) is 0 Å². The number of carboxylic acid groups (broad SMARTS) is 1. The number of oxazole rings is 1. The molecule has 1 heterocycles. The van der Waals surface area contributed by atoms with E-state index in [0.717, 1.165) is 42.7 Å². The molecule has 0 amide bonds. The minimum absolute atomic E-state index is 0.129. The van der Waals surface area contributed by atoms with E-state index in [4.69, 9.17) is 13.9 Å². The van der Waals surface area contributed by atoms with Crippen LogP contribution in [-0.4, -0.2) is 34.4 Å². The largest absolute Gasteiger partial charge is 0.479 e. The van der Waals surface area contributed by atoms with E-state index in [1.165, 1.54) is 5.56 Å². The number of hydrogen-bond acceptors (Lipinski definition) is 5. The molecule has 1 aliphatic carbocycles. The third-order valence-corrected chi connectivity index (χ3v) is 5.58. The van der Waals surface area contributed by atoms with Crippen molar-refractivity contribution in [1.82, 2.24) is 4.98 Å². The Morgan fingerprint density at radius 2 is 1.97 bits per heavy atom. The summed E-state index contributed by atoms with van der Waals surface area (Å²) >= 11 is 0. The summed E-state index contributed by atoms with van der Waals surface area (Å²) in [5.41, 5.74) is 1.83. The highest BCUT2D eigenvalue weighted by Crippen LogP contribution is 2.29. The van der Waals surface area contributed by atoms with Crippen LogP contribution in [0.1, 0.15) is 56.5 Å². The van der Waals surface area contributed by atoms with Crippen LogP contribution in [0, 0.1) is 19.8 Å². The van der Waals surface area contributed by atoms with E-state index in [-0.39, 0.29) is 6.10 Å². The molecule has 1 aliphatic rings. The van der Waals surface area contributed by atoms with Crippen molar-refractivity contribution in [1.29, 1.82) is 0 Å². The average molecular weight is 402 g/mol. The fraction of sp³-hybridized carbons (Fsp3) is 0.565. The third kappa shape index (κ3) is 5.67. The van der Waals surface area contributed by atoms with Crippen LogP contribution in [0.15, 0.2) is 28.7 Å². The maximum Gasteiger partial charge on any atom is 0.335 e. The molecule has 1 fully saturated rings. The van der Waals surface area contributed by atoms with Gasteiger partial charge < -0.3 is 19.0 Å². The Kier molecular flexibility index (Phi) is 6.75. The highest BCUT2D eigenvalue weighted by atomic mass is 16.5. The zero-order valence-corrected chi connectivity index (χ0v) is 17.7. The lowest BCUT2D eigenvalue weighted by Gasteiger charge is -2.31. The molecule has 1 aromatic heterocycles. The summed E-state index contributed by atoms with van der Waals surface area (Å²) in [6, 6.07) is 8.10. The molecule has 2 aromatic rings. The summed E-state index contributed by atoms with van der Waals surface area (Å²) in [5, 5.41) is 9.19. The van der Waals surface area contributed by atoms with Crippen LogP contribution in [0.2, 0.25) is 0 Å². The van der Waals surface area contributed by atoms with Gasteiger partial charge in [-0.15, -0.1) is 0 Å². The molecule has 0 radical (unpaired) electrons. The molecule has 0 aliphatic heterocycles. The van der Waals surface area contributed by atoms with Crippen molar-refractivity contribution < 1.29 is 23.8 Å². The van der Waals surface area contributed by atoms with Crippen LogP contribution in [0.5, 0.6) is 0 Å². The number of rotatable bonds is 8. The van der Waals surface area contributed by atoms with Gasteiger partial charge in [-0.1, -0.05) is 24.1 Å². The van der Waals surface area contributed by atoms with Crippen molar-refractivity contribution in [2.45, 2.75) is 71.7 Å². The zero-order valence-electron chi connectivity index (χ0n) is 17.7. The number of ether oxygens (including phenoxy) is 2. The molecule has 1 unspecified atom stereocenters. The maximum absolute atomic E-state index is 11.2. The van der Waals surface area contributed by atoms with E-state index in [0.29, 0.717) is 25.0 Å². The second kappa shape index (κ2) is 9.09. The van der Waals surface area contributed by atoms with Crippen LogP contribution >= 0.6 is 0 Å². The van der Waals surface area contributed by atoms with E-state index in [9.17, 15) is 9.90 Å². The predicted octanol–water partition coefficient (Wildman–Crippen LogP) is 4.91. The van der Waals surface area contributed by atoms with Crippen LogP contribution in [0.3, 0.4) is 0 Å². The molecule has 3 rings (SSSR count). The maximum atomic E-state index is 11.2. The van der Waals surface area contributed by atoms with Gasteiger partial charge in [0.05, 0.1) is 19.3 Å². The van der Waals surface area contributed by atoms with Gasteiger partial charge in [0.2, 0.25) is 5.89 Å². The van der Waals surface area contributed by atoms with Gasteiger partial charge in [0, 0.05) is 5.56 Å². The van der Waals surface area contributed by atoms with Gasteiger partial charge in [0.15, 0.2) is 5.60 Å².